The Morgan fingerprint density at radius 1 is 1.12 bits per heavy atom. The molecule has 2 aliphatic rings. The van der Waals surface area contributed by atoms with Gasteiger partial charge >= 0.3 is 0 Å². The Morgan fingerprint density at radius 2 is 1.94 bits per heavy atom. The molecule has 5 nitrogen and oxygen atoms in total. The van der Waals surface area contributed by atoms with Gasteiger partial charge in [-0.2, -0.15) is 0 Å². The van der Waals surface area contributed by atoms with Gasteiger partial charge in [0.1, 0.15) is 5.75 Å². The lowest BCUT2D eigenvalue weighted by Crippen LogP contribution is -2.35. The van der Waals surface area contributed by atoms with E-state index in [1.807, 2.05) is 30.3 Å². The number of Topliss-reactive ketones (excluding diaryl/α,β-unsaturated/α-hetero) is 1. The zero-order chi connectivity index (χ0) is 23.5. The fraction of sp³-hybridized carbons (Fsp3) is 0.464. The van der Waals surface area contributed by atoms with Gasteiger partial charge in [0.2, 0.25) is 0 Å². The number of hydrogen-bond donors (Lipinski definition) is 1. The van der Waals surface area contributed by atoms with E-state index in [9.17, 15) is 4.79 Å². The van der Waals surface area contributed by atoms with Gasteiger partial charge in [-0.3, -0.25) is 9.69 Å². The number of benzene rings is 2. The first kappa shape index (κ1) is 23.4. The van der Waals surface area contributed by atoms with E-state index in [-0.39, 0.29) is 11.7 Å². The number of ketones is 1. The van der Waals surface area contributed by atoms with Gasteiger partial charge in [0.15, 0.2) is 5.78 Å². The molecule has 0 amide bonds. The highest BCUT2D eigenvalue weighted by molar-refractivity contribution is 6.31. The molecule has 0 spiro atoms. The number of aromatic nitrogens is 1. The van der Waals surface area contributed by atoms with Crippen LogP contribution in [0.25, 0.3) is 10.9 Å². The molecule has 2 aromatic carbocycles. The van der Waals surface area contributed by atoms with Crippen molar-refractivity contribution in [3.63, 3.8) is 0 Å². The molecule has 2 atom stereocenters. The van der Waals surface area contributed by atoms with Crippen molar-refractivity contribution in [3.8, 4) is 5.75 Å². The van der Waals surface area contributed by atoms with E-state index in [1.165, 1.54) is 5.56 Å². The van der Waals surface area contributed by atoms with Gasteiger partial charge in [0.25, 0.3) is 0 Å². The Balaban J connectivity index is 1.33. The number of para-hydroxylation sites is 1. The van der Waals surface area contributed by atoms with Crippen LogP contribution in [0.3, 0.4) is 0 Å². The Hall–Kier alpha value is -2.34. The molecule has 1 aliphatic carbocycles. The number of morpholine rings is 1. The molecule has 2 unspecified atom stereocenters. The fourth-order valence-corrected chi connectivity index (χ4v) is 5.88. The summed E-state index contributed by atoms with van der Waals surface area (Å²) in [7, 11) is 1.73. The van der Waals surface area contributed by atoms with Crippen LogP contribution in [0.2, 0.25) is 5.02 Å². The van der Waals surface area contributed by atoms with Crippen LogP contribution < -0.4 is 4.74 Å². The molecule has 6 heteroatoms. The second kappa shape index (κ2) is 10.5. The van der Waals surface area contributed by atoms with Gasteiger partial charge in [0.05, 0.1) is 31.5 Å². The molecule has 5 rings (SSSR count). The average molecular weight is 481 g/mol. The van der Waals surface area contributed by atoms with Crippen LogP contribution in [-0.2, 0) is 11.3 Å². The Bertz CT molecular complexity index is 1150. The summed E-state index contributed by atoms with van der Waals surface area (Å²) in [5, 5.41) is 1.72. The molecule has 180 valence electrons. The zero-order valence-corrected chi connectivity index (χ0v) is 20.6. The highest BCUT2D eigenvalue weighted by Gasteiger charge is 2.28. The molecule has 1 N–H and O–H groups in total. The lowest BCUT2D eigenvalue weighted by atomic mass is 9.89. The number of nitrogens with one attached hydrogen (secondary N) is 1. The molecule has 2 heterocycles. The van der Waals surface area contributed by atoms with Gasteiger partial charge in [0, 0.05) is 36.0 Å². The maximum atomic E-state index is 13.6. The number of fused-ring (bicyclic) bond motifs is 1. The van der Waals surface area contributed by atoms with Crippen molar-refractivity contribution >= 4 is 28.3 Å². The second-order valence-corrected chi connectivity index (χ2v) is 10.0. The summed E-state index contributed by atoms with van der Waals surface area (Å²) in [5.74, 6) is 1.67. The van der Waals surface area contributed by atoms with E-state index in [0.29, 0.717) is 16.6 Å². The number of nitrogens with zero attached hydrogens (tertiary/aromatic N) is 1. The summed E-state index contributed by atoms with van der Waals surface area (Å²) in [4.78, 5) is 19.4. The molecule has 0 bridgehead atoms. The molecule has 34 heavy (non-hydrogen) atoms. The number of carbonyl (C=O) groups excluding carboxylic acids is 1. The third kappa shape index (κ3) is 5.02. The summed E-state index contributed by atoms with van der Waals surface area (Å²) < 4.78 is 11.1. The number of rotatable bonds is 6. The molecular formula is C28H33ClN2O3. The Morgan fingerprint density at radius 3 is 2.76 bits per heavy atom. The van der Waals surface area contributed by atoms with Gasteiger partial charge < -0.3 is 14.5 Å². The van der Waals surface area contributed by atoms with Gasteiger partial charge in [-0.05, 0) is 67.0 Å². The van der Waals surface area contributed by atoms with Crippen molar-refractivity contribution in [3.05, 3.63) is 64.3 Å². The number of hydrogen-bond acceptors (Lipinski definition) is 4. The second-order valence-electron chi connectivity index (χ2n) is 9.61. The molecule has 2 fully saturated rings. The van der Waals surface area contributed by atoms with Crippen molar-refractivity contribution in [2.45, 2.75) is 44.6 Å². The molecule has 1 saturated carbocycles. The standard InChI is InChI=1S/C28H33ClN2O3/c1-33-26-8-3-2-7-24(26)19-5-4-6-20(10-9-19)28(32)25-17-21-15-23(29)16-22(27(21)30-25)18-31-11-13-34-14-12-31/h2-3,7-8,15-17,19-20,30H,4-6,9-14,18H2,1H3. The summed E-state index contributed by atoms with van der Waals surface area (Å²) >= 11 is 6.45. The predicted molar refractivity (Wildman–Crippen MR) is 136 cm³/mol. The number of H-pyrrole nitrogens is 1. The van der Waals surface area contributed by atoms with E-state index in [4.69, 9.17) is 21.1 Å². The largest absolute Gasteiger partial charge is 0.496 e. The topological polar surface area (TPSA) is 54.6 Å². The van der Waals surface area contributed by atoms with E-state index in [0.717, 1.165) is 87.2 Å². The van der Waals surface area contributed by atoms with Crippen molar-refractivity contribution in [2.24, 2.45) is 5.92 Å². The van der Waals surface area contributed by atoms with Crippen LogP contribution in [0.15, 0.2) is 42.5 Å². The molecule has 1 saturated heterocycles. The van der Waals surface area contributed by atoms with E-state index in [1.54, 1.807) is 7.11 Å². The molecular weight excluding hydrogens is 448 g/mol. The Labute approximate surface area is 206 Å². The van der Waals surface area contributed by atoms with Crippen LogP contribution in [0.1, 0.15) is 59.6 Å². The number of methoxy groups -OCH3 is 1. The number of aromatic amines is 1. The highest BCUT2D eigenvalue weighted by Crippen LogP contribution is 2.39. The quantitative estimate of drug-likeness (QED) is 0.336. The molecule has 3 aromatic rings. The van der Waals surface area contributed by atoms with Crippen LogP contribution in [0, 0.1) is 5.92 Å². The van der Waals surface area contributed by atoms with Crippen molar-refractivity contribution in [2.75, 3.05) is 33.4 Å². The first-order valence-electron chi connectivity index (χ1n) is 12.4. The smallest absolute Gasteiger partial charge is 0.182 e. The summed E-state index contributed by atoms with van der Waals surface area (Å²) in [6.45, 7) is 4.15. The van der Waals surface area contributed by atoms with Crippen LogP contribution in [0.4, 0.5) is 0 Å². The van der Waals surface area contributed by atoms with Crippen LogP contribution in [0.5, 0.6) is 5.75 Å². The summed E-state index contributed by atoms with van der Waals surface area (Å²) in [5.41, 5.74) is 4.15. The number of halogens is 1. The van der Waals surface area contributed by atoms with Gasteiger partial charge in [-0.15, -0.1) is 0 Å². The van der Waals surface area contributed by atoms with Crippen molar-refractivity contribution in [1.29, 1.82) is 0 Å². The monoisotopic (exact) mass is 480 g/mol. The lowest BCUT2D eigenvalue weighted by Gasteiger charge is -2.26. The third-order valence-corrected chi connectivity index (χ3v) is 7.67. The van der Waals surface area contributed by atoms with Crippen molar-refractivity contribution < 1.29 is 14.3 Å². The van der Waals surface area contributed by atoms with Gasteiger partial charge in [-0.1, -0.05) is 36.2 Å². The number of ether oxygens (including phenoxy) is 2. The maximum absolute atomic E-state index is 13.6. The van der Waals surface area contributed by atoms with Crippen molar-refractivity contribution in [1.82, 2.24) is 9.88 Å². The van der Waals surface area contributed by atoms with E-state index >= 15 is 0 Å². The minimum Gasteiger partial charge on any atom is -0.496 e. The minimum absolute atomic E-state index is 0.0472. The third-order valence-electron chi connectivity index (χ3n) is 7.46. The minimum atomic E-state index is 0.0472. The van der Waals surface area contributed by atoms with Crippen LogP contribution >= 0.6 is 11.6 Å². The maximum Gasteiger partial charge on any atom is 0.182 e. The normalized spacial score (nSPS) is 21.9. The summed E-state index contributed by atoms with van der Waals surface area (Å²) in [6, 6.07) is 14.3. The molecule has 0 radical (unpaired) electrons. The fourth-order valence-electron chi connectivity index (χ4n) is 5.64. The first-order valence-corrected chi connectivity index (χ1v) is 12.8. The van der Waals surface area contributed by atoms with E-state index in [2.05, 4.69) is 22.0 Å². The summed E-state index contributed by atoms with van der Waals surface area (Å²) in [6.07, 6.45) is 4.98. The SMILES string of the molecule is COc1ccccc1C1CCCC(C(=O)c2cc3cc(Cl)cc(CN4CCOCC4)c3[nH]2)CC1. The number of carbonyl (C=O) groups is 1. The Kier molecular flexibility index (Phi) is 7.23. The highest BCUT2D eigenvalue weighted by atomic mass is 35.5. The lowest BCUT2D eigenvalue weighted by molar-refractivity contribution is 0.0343. The van der Waals surface area contributed by atoms with Crippen LogP contribution in [-0.4, -0.2) is 49.1 Å². The average Bonchev–Trinajstić information content (AvgIpc) is 3.13. The predicted octanol–water partition coefficient (Wildman–Crippen LogP) is 6.21. The molecule has 1 aromatic heterocycles. The van der Waals surface area contributed by atoms with Gasteiger partial charge in [-0.25, -0.2) is 0 Å². The van der Waals surface area contributed by atoms with E-state index < -0.39 is 0 Å². The first-order chi connectivity index (χ1) is 16.6. The molecule has 1 aliphatic heterocycles. The zero-order valence-electron chi connectivity index (χ0n) is 19.8.